The molecule has 8 heteroatoms. The molecule has 1 aromatic rings. The monoisotopic (exact) mass is 510 g/mol. The van der Waals surface area contributed by atoms with E-state index in [1.165, 1.54) is 9.88 Å². The number of aromatic nitrogens is 1. The lowest BCUT2D eigenvalue weighted by Gasteiger charge is -2.10. The summed E-state index contributed by atoms with van der Waals surface area (Å²) in [5.41, 5.74) is 1.13. The van der Waals surface area contributed by atoms with E-state index in [-0.39, 0.29) is 29.9 Å². The van der Waals surface area contributed by atoms with E-state index < -0.39 is 0 Å². The average molecular weight is 510 g/mol. The summed E-state index contributed by atoms with van der Waals surface area (Å²) in [5, 5.41) is 7.82. The molecule has 0 radical (unpaired) electrons. The van der Waals surface area contributed by atoms with Crippen molar-refractivity contribution >= 4 is 47.2 Å². The summed E-state index contributed by atoms with van der Waals surface area (Å²) < 4.78 is 4.92. The van der Waals surface area contributed by atoms with Crippen molar-refractivity contribution in [2.45, 2.75) is 66.2 Å². The van der Waals surface area contributed by atoms with Crippen molar-refractivity contribution in [2.75, 3.05) is 26.2 Å². The number of carbonyl (C=O) groups is 1. The van der Waals surface area contributed by atoms with Crippen LogP contribution >= 0.6 is 35.3 Å². The van der Waals surface area contributed by atoms with Gasteiger partial charge in [0.25, 0.3) is 0 Å². The average Bonchev–Trinajstić information content (AvgIpc) is 2.92. The Labute approximate surface area is 185 Å². The number of hydrogen-bond acceptors (Lipinski definition) is 5. The number of rotatable bonds is 12. The second-order valence-corrected chi connectivity index (χ2v) is 7.44. The van der Waals surface area contributed by atoms with Gasteiger partial charge in [0.2, 0.25) is 0 Å². The van der Waals surface area contributed by atoms with Gasteiger partial charge in [-0.3, -0.25) is 9.79 Å². The van der Waals surface area contributed by atoms with Crippen LogP contribution in [-0.2, 0) is 16.0 Å². The first-order valence-electron chi connectivity index (χ1n) is 9.67. The number of halogens is 1. The van der Waals surface area contributed by atoms with Crippen molar-refractivity contribution in [3.8, 4) is 0 Å². The molecule has 0 atom stereocenters. The SMILES string of the molecule is CCNC(=NCCCCCCC(=O)OCC)NCCc1nc(C)c(C)s1.I. The molecule has 0 aromatic carbocycles. The number of unbranched alkanes of at least 4 members (excludes halogenated alkanes) is 3. The molecule has 2 N–H and O–H groups in total. The van der Waals surface area contributed by atoms with E-state index >= 15 is 0 Å². The van der Waals surface area contributed by atoms with Crippen LogP contribution < -0.4 is 10.6 Å². The Bertz CT molecular complexity index is 544. The Morgan fingerprint density at radius 3 is 2.52 bits per heavy atom. The minimum absolute atomic E-state index is 0. The third-order valence-corrected chi connectivity index (χ3v) is 5.05. The van der Waals surface area contributed by atoms with Gasteiger partial charge in [-0.2, -0.15) is 0 Å². The fourth-order valence-corrected chi connectivity index (χ4v) is 3.37. The van der Waals surface area contributed by atoms with Crippen LogP contribution in [-0.4, -0.2) is 43.2 Å². The molecule has 27 heavy (non-hydrogen) atoms. The predicted molar refractivity (Wildman–Crippen MR) is 124 cm³/mol. The number of aryl methyl sites for hydroxylation is 2. The van der Waals surface area contributed by atoms with E-state index in [4.69, 9.17) is 4.74 Å². The van der Waals surface area contributed by atoms with Crippen molar-refractivity contribution in [1.82, 2.24) is 15.6 Å². The van der Waals surface area contributed by atoms with Crippen LogP contribution in [0.1, 0.15) is 61.5 Å². The molecule has 1 heterocycles. The lowest BCUT2D eigenvalue weighted by Crippen LogP contribution is -2.38. The van der Waals surface area contributed by atoms with Gasteiger partial charge in [0, 0.05) is 37.4 Å². The fraction of sp³-hybridized carbons (Fsp3) is 0.737. The third-order valence-electron chi connectivity index (χ3n) is 3.91. The highest BCUT2D eigenvalue weighted by Crippen LogP contribution is 2.16. The summed E-state index contributed by atoms with van der Waals surface area (Å²) in [5.74, 6) is 0.777. The molecule has 0 aliphatic rings. The molecule has 0 saturated carbocycles. The minimum Gasteiger partial charge on any atom is -0.466 e. The van der Waals surface area contributed by atoms with E-state index in [9.17, 15) is 4.79 Å². The number of aliphatic imine (C=N–C) groups is 1. The Hall–Kier alpha value is -0.900. The summed E-state index contributed by atoms with van der Waals surface area (Å²) in [6, 6.07) is 0. The number of nitrogens with zero attached hydrogens (tertiary/aromatic N) is 2. The number of hydrogen-bond donors (Lipinski definition) is 2. The Morgan fingerprint density at radius 2 is 1.89 bits per heavy atom. The molecule has 0 spiro atoms. The van der Waals surface area contributed by atoms with Gasteiger partial charge in [0.15, 0.2) is 5.96 Å². The van der Waals surface area contributed by atoms with Crippen molar-refractivity contribution in [2.24, 2.45) is 4.99 Å². The first-order chi connectivity index (χ1) is 12.6. The maximum Gasteiger partial charge on any atom is 0.305 e. The molecule has 0 saturated heterocycles. The standard InChI is InChI=1S/C19H34N4O2S.HI/c1-5-20-19(22-14-12-17-23-15(3)16(4)26-17)21-13-10-8-7-9-11-18(24)25-6-2;/h5-14H2,1-4H3,(H2,20,21,22);1H. The molecule has 0 bridgehead atoms. The van der Waals surface area contributed by atoms with Crippen LogP contribution in [0.4, 0.5) is 0 Å². The molecule has 0 unspecified atom stereocenters. The second kappa shape index (κ2) is 16.1. The van der Waals surface area contributed by atoms with Crippen LogP contribution in [0.15, 0.2) is 4.99 Å². The van der Waals surface area contributed by atoms with E-state index in [1.807, 2.05) is 6.92 Å². The molecule has 6 nitrogen and oxygen atoms in total. The summed E-state index contributed by atoms with van der Waals surface area (Å²) in [7, 11) is 0. The highest BCUT2D eigenvalue weighted by molar-refractivity contribution is 14.0. The third kappa shape index (κ3) is 12.2. The lowest BCUT2D eigenvalue weighted by atomic mass is 10.1. The van der Waals surface area contributed by atoms with Crippen molar-refractivity contribution < 1.29 is 9.53 Å². The van der Waals surface area contributed by atoms with Crippen molar-refractivity contribution in [3.05, 3.63) is 15.6 Å². The van der Waals surface area contributed by atoms with Crippen LogP contribution in [0.2, 0.25) is 0 Å². The predicted octanol–water partition coefficient (Wildman–Crippen LogP) is 3.99. The number of ether oxygens (including phenoxy) is 1. The number of esters is 1. The van der Waals surface area contributed by atoms with Gasteiger partial charge in [-0.05, 0) is 40.5 Å². The maximum atomic E-state index is 11.3. The lowest BCUT2D eigenvalue weighted by molar-refractivity contribution is -0.143. The van der Waals surface area contributed by atoms with Gasteiger partial charge >= 0.3 is 5.97 Å². The highest BCUT2D eigenvalue weighted by atomic mass is 127. The Balaban J connectivity index is 0.00000676. The molecule has 0 amide bonds. The smallest absolute Gasteiger partial charge is 0.305 e. The van der Waals surface area contributed by atoms with Crippen LogP contribution in [0.3, 0.4) is 0 Å². The zero-order chi connectivity index (χ0) is 19.2. The summed E-state index contributed by atoms with van der Waals surface area (Å²) in [4.78, 5) is 21.7. The topological polar surface area (TPSA) is 75.6 Å². The first kappa shape index (κ1) is 26.1. The molecular weight excluding hydrogens is 475 g/mol. The number of carbonyl (C=O) groups excluding carboxylic acids is 1. The number of guanidine groups is 1. The second-order valence-electron chi connectivity index (χ2n) is 6.16. The van der Waals surface area contributed by atoms with Crippen molar-refractivity contribution in [1.29, 1.82) is 0 Å². The van der Waals surface area contributed by atoms with E-state index in [1.54, 1.807) is 11.3 Å². The maximum absolute atomic E-state index is 11.3. The van der Waals surface area contributed by atoms with E-state index in [0.717, 1.165) is 63.4 Å². The van der Waals surface area contributed by atoms with Crippen molar-refractivity contribution in [3.63, 3.8) is 0 Å². The highest BCUT2D eigenvalue weighted by Gasteiger charge is 2.04. The fourth-order valence-electron chi connectivity index (χ4n) is 2.43. The Kier molecular flexibility index (Phi) is 15.6. The summed E-state index contributed by atoms with van der Waals surface area (Å²) in [6.45, 7) is 11.0. The minimum atomic E-state index is -0.0882. The van der Waals surface area contributed by atoms with Gasteiger partial charge in [0.1, 0.15) is 0 Å². The molecule has 1 aromatic heterocycles. The molecule has 156 valence electrons. The first-order valence-corrected chi connectivity index (χ1v) is 10.5. The Morgan fingerprint density at radius 1 is 1.15 bits per heavy atom. The molecule has 0 aliphatic heterocycles. The molecule has 0 aliphatic carbocycles. The molecular formula is C19H35IN4O2S. The zero-order valence-corrected chi connectivity index (χ0v) is 20.2. The summed E-state index contributed by atoms with van der Waals surface area (Å²) in [6.07, 6.45) is 5.49. The van der Waals surface area contributed by atoms with Crippen LogP contribution in [0, 0.1) is 13.8 Å². The largest absolute Gasteiger partial charge is 0.466 e. The number of nitrogens with one attached hydrogen (secondary N) is 2. The van der Waals surface area contributed by atoms with Crippen LogP contribution in [0.5, 0.6) is 0 Å². The van der Waals surface area contributed by atoms with Gasteiger partial charge in [-0.1, -0.05) is 12.8 Å². The quantitative estimate of drug-likeness (QED) is 0.146. The normalized spacial score (nSPS) is 11.0. The van der Waals surface area contributed by atoms with Gasteiger partial charge in [-0.25, -0.2) is 4.98 Å². The number of thiazole rings is 1. The van der Waals surface area contributed by atoms with Crippen LogP contribution in [0.25, 0.3) is 0 Å². The zero-order valence-electron chi connectivity index (χ0n) is 17.1. The van der Waals surface area contributed by atoms with Gasteiger partial charge < -0.3 is 15.4 Å². The van der Waals surface area contributed by atoms with Gasteiger partial charge in [0.05, 0.1) is 17.3 Å². The molecule has 0 fully saturated rings. The molecule has 1 rings (SSSR count). The summed E-state index contributed by atoms with van der Waals surface area (Å²) >= 11 is 1.77. The van der Waals surface area contributed by atoms with Gasteiger partial charge in [-0.15, -0.1) is 35.3 Å². The van der Waals surface area contributed by atoms with E-state index in [2.05, 4.69) is 41.4 Å². The van der Waals surface area contributed by atoms with E-state index in [0.29, 0.717) is 13.0 Å².